The van der Waals surface area contributed by atoms with Crippen molar-refractivity contribution in [3.63, 3.8) is 0 Å². The van der Waals surface area contributed by atoms with Crippen LogP contribution in [0.25, 0.3) is 0 Å². The standard InChI is InChI=1S/C10H12O6S2/c11-17(12,13)9-3-1-7-2-4-10(18(14,15)16)6-8(7)5-9/h3,5-7H,1-2,4H2,(H,11,12,13)(H,14,15,16). The van der Waals surface area contributed by atoms with Crippen LogP contribution < -0.4 is 0 Å². The summed E-state index contributed by atoms with van der Waals surface area (Å²) in [4.78, 5) is -0.358. The average molecular weight is 292 g/mol. The first-order chi connectivity index (χ1) is 8.18. The van der Waals surface area contributed by atoms with Crippen LogP contribution in [0.15, 0.2) is 33.6 Å². The molecular formula is C10H12O6S2. The highest BCUT2D eigenvalue weighted by atomic mass is 32.2. The molecule has 2 rings (SSSR count). The van der Waals surface area contributed by atoms with E-state index in [4.69, 9.17) is 9.11 Å². The van der Waals surface area contributed by atoms with Crippen LogP contribution in [0, 0.1) is 5.92 Å². The Kier molecular flexibility index (Phi) is 3.22. The van der Waals surface area contributed by atoms with E-state index < -0.39 is 20.2 Å². The Morgan fingerprint density at radius 1 is 1.06 bits per heavy atom. The van der Waals surface area contributed by atoms with Crippen LogP contribution in [0.4, 0.5) is 0 Å². The Hall–Kier alpha value is -0.960. The van der Waals surface area contributed by atoms with Crippen molar-refractivity contribution in [2.75, 3.05) is 0 Å². The zero-order chi connectivity index (χ0) is 13.6. The highest BCUT2D eigenvalue weighted by Crippen LogP contribution is 2.37. The number of rotatable bonds is 2. The van der Waals surface area contributed by atoms with Gasteiger partial charge in [0.25, 0.3) is 20.2 Å². The highest BCUT2D eigenvalue weighted by Gasteiger charge is 2.28. The molecule has 0 fully saturated rings. The van der Waals surface area contributed by atoms with Gasteiger partial charge >= 0.3 is 0 Å². The predicted octanol–water partition coefficient (Wildman–Crippen LogP) is 1.27. The molecule has 0 bridgehead atoms. The van der Waals surface area contributed by atoms with Crippen LogP contribution in [0.3, 0.4) is 0 Å². The Morgan fingerprint density at radius 2 is 1.72 bits per heavy atom. The molecule has 6 nitrogen and oxygen atoms in total. The second-order valence-electron chi connectivity index (χ2n) is 4.28. The number of hydrogen-bond acceptors (Lipinski definition) is 4. The molecule has 0 heterocycles. The van der Waals surface area contributed by atoms with Crippen molar-refractivity contribution < 1.29 is 25.9 Å². The minimum atomic E-state index is -4.29. The van der Waals surface area contributed by atoms with Crippen molar-refractivity contribution in [1.29, 1.82) is 0 Å². The summed E-state index contributed by atoms with van der Waals surface area (Å²) in [6, 6.07) is 0. The van der Waals surface area contributed by atoms with Gasteiger partial charge in [-0.05, 0) is 42.9 Å². The molecular weight excluding hydrogens is 280 g/mol. The maximum atomic E-state index is 11.0. The molecule has 2 aliphatic rings. The molecule has 0 saturated heterocycles. The number of allylic oxidation sites excluding steroid dienone is 5. The van der Waals surface area contributed by atoms with E-state index in [0.717, 1.165) is 0 Å². The van der Waals surface area contributed by atoms with Crippen molar-refractivity contribution in [3.8, 4) is 0 Å². The van der Waals surface area contributed by atoms with Gasteiger partial charge in [0.1, 0.15) is 0 Å². The second-order valence-corrected chi connectivity index (χ2v) is 7.18. The van der Waals surface area contributed by atoms with E-state index in [9.17, 15) is 16.8 Å². The minimum Gasteiger partial charge on any atom is -0.282 e. The van der Waals surface area contributed by atoms with Crippen molar-refractivity contribution in [2.24, 2.45) is 5.92 Å². The number of fused-ring (bicyclic) bond motifs is 1. The van der Waals surface area contributed by atoms with E-state index in [1.807, 2.05) is 0 Å². The van der Waals surface area contributed by atoms with Crippen molar-refractivity contribution in [3.05, 3.63) is 33.6 Å². The Bertz CT molecular complexity index is 663. The SMILES string of the molecule is O=S(=O)(O)C1=CCC2CCC(S(=O)(=O)O)=CC2=C1. The zero-order valence-electron chi connectivity index (χ0n) is 9.27. The quantitative estimate of drug-likeness (QED) is 0.742. The average Bonchev–Trinajstić information content (AvgIpc) is 2.25. The Balaban J connectivity index is 2.44. The van der Waals surface area contributed by atoms with Gasteiger partial charge in [0, 0.05) is 0 Å². The molecule has 0 radical (unpaired) electrons. The molecule has 0 aromatic heterocycles. The Labute approximate surface area is 105 Å². The van der Waals surface area contributed by atoms with E-state index in [0.29, 0.717) is 18.4 Å². The lowest BCUT2D eigenvalue weighted by molar-refractivity contribution is 0.481. The van der Waals surface area contributed by atoms with Gasteiger partial charge in [-0.2, -0.15) is 16.8 Å². The third kappa shape index (κ3) is 2.72. The maximum Gasteiger partial charge on any atom is 0.294 e. The van der Waals surface area contributed by atoms with Gasteiger partial charge in [0.15, 0.2) is 0 Å². The lowest BCUT2D eigenvalue weighted by Gasteiger charge is -2.25. The molecule has 2 aliphatic carbocycles. The van der Waals surface area contributed by atoms with E-state index in [2.05, 4.69) is 0 Å². The summed E-state index contributed by atoms with van der Waals surface area (Å²) in [6.45, 7) is 0. The summed E-state index contributed by atoms with van der Waals surface area (Å²) < 4.78 is 61.9. The molecule has 8 heteroatoms. The van der Waals surface area contributed by atoms with Crippen LogP contribution in [0.2, 0.25) is 0 Å². The molecule has 2 N–H and O–H groups in total. The van der Waals surface area contributed by atoms with Crippen molar-refractivity contribution in [1.82, 2.24) is 0 Å². The molecule has 0 aromatic carbocycles. The largest absolute Gasteiger partial charge is 0.294 e. The van der Waals surface area contributed by atoms with Gasteiger partial charge in [-0.15, -0.1) is 0 Å². The minimum absolute atomic E-state index is 0.0287. The molecule has 0 spiro atoms. The van der Waals surface area contributed by atoms with Crippen LogP contribution >= 0.6 is 0 Å². The second kappa shape index (κ2) is 4.30. The maximum absolute atomic E-state index is 11.0. The summed E-state index contributed by atoms with van der Waals surface area (Å²) in [5.74, 6) is 0.0287. The fourth-order valence-corrected chi connectivity index (χ4v) is 3.39. The normalized spacial score (nSPS) is 24.8. The van der Waals surface area contributed by atoms with Gasteiger partial charge < -0.3 is 0 Å². The fraction of sp³-hybridized carbons (Fsp3) is 0.400. The molecule has 18 heavy (non-hydrogen) atoms. The third-order valence-corrected chi connectivity index (χ3v) is 4.94. The van der Waals surface area contributed by atoms with Gasteiger partial charge in [-0.25, -0.2) is 0 Å². The van der Waals surface area contributed by atoms with Crippen molar-refractivity contribution >= 4 is 20.2 Å². The summed E-state index contributed by atoms with van der Waals surface area (Å²) in [5.41, 5.74) is 0.504. The van der Waals surface area contributed by atoms with Crippen LogP contribution in [-0.4, -0.2) is 25.9 Å². The predicted molar refractivity (Wildman–Crippen MR) is 64.7 cm³/mol. The van der Waals surface area contributed by atoms with Crippen LogP contribution in [-0.2, 0) is 20.2 Å². The smallest absolute Gasteiger partial charge is 0.282 e. The van der Waals surface area contributed by atoms with Gasteiger partial charge in [-0.1, -0.05) is 6.08 Å². The molecule has 1 unspecified atom stereocenters. The number of hydrogen-bond donors (Lipinski definition) is 2. The lowest BCUT2D eigenvalue weighted by atomic mass is 9.84. The van der Waals surface area contributed by atoms with Gasteiger partial charge in [-0.3, -0.25) is 9.11 Å². The van der Waals surface area contributed by atoms with E-state index in [1.165, 1.54) is 18.2 Å². The lowest BCUT2D eigenvalue weighted by Crippen LogP contribution is -2.17. The van der Waals surface area contributed by atoms with Gasteiger partial charge in [0.05, 0.1) is 9.81 Å². The van der Waals surface area contributed by atoms with Crippen molar-refractivity contribution in [2.45, 2.75) is 19.3 Å². The first-order valence-corrected chi connectivity index (χ1v) is 8.13. The van der Waals surface area contributed by atoms with Crippen LogP contribution in [0.1, 0.15) is 19.3 Å². The molecule has 0 aliphatic heterocycles. The topological polar surface area (TPSA) is 109 Å². The summed E-state index contributed by atoms with van der Waals surface area (Å²) in [5, 5.41) is 0. The summed E-state index contributed by atoms with van der Waals surface area (Å²) >= 11 is 0. The zero-order valence-corrected chi connectivity index (χ0v) is 10.9. The van der Waals surface area contributed by atoms with Gasteiger partial charge in [0.2, 0.25) is 0 Å². The fourth-order valence-electron chi connectivity index (χ4n) is 2.14. The van der Waals surface area contributed by atoms with E-state index in [1.54, 1.807) is 0 Å². The van der Waals surface area contributed by atoms with E-state index >= 15 is 0 Å². The Morgan fingerprint density at radius 3 is 2.28 bits per heavy atom. The van der Waals surface area contributed by atoms with E-state index in [-0.39, 0.29) is 22.1 Å². The molecule has 0 aromatic rings. The highest BCUT2D eigenvalue weighted by molar-refractivity contribution is 7.90. The first kappa shape index (κ1) is 13.5. The molecule has 0 amide bonds. The third-order valence-electron chi connectivity index (χ3n) is 3.08. The molecule has 100 valence electrons. The first-order valence-electron chi connectivity index (χ1n) is 5.25. The monoisotopic (exact) mass is 292 g/mol. The van der Waals surface area contributed by atoms with Crippen LogP contribution in [0.5, 0.6) is 0 Å². The molecule has 0 saturated carbocycles. The summed E-state index contributed by atoms with van der Waals surface area (Å²) in [7, 11) is -8.53. The summed E-state index contributed by atoms with van der Waals surface area (Å²) in [6.07, 6.45) is 5.12. The molecule has 1 atom stereocenters.